The summed E-state index contributed by atoms with van der Waals surface area (Å²) in [4.78, 5) is 12.1. The van der Waals surface area contributed by atoms with Crippen molar-refractivity contribution in [3.05, 3.63) is 29.8 Å². The molecule has 0 aromatic heterocycles. The van der Waals surface area contributed by atoms with Crippen molar-refractivity contribution in [2.45, 2.75) is 13.3 Å². The van der Waals surface area contributed by atoms with E-state index in [0.717, 1.165) is 24.3 Å². The van der Waals surface area contributed by atoms with E-state index in [1.54, 1.807) is 0 Å². The van der Waals surface area contributed by atoms with E-state index in [9.17, 15) is 4.79 Å². The summed E-state index contributed by atoms with van der Waals surface area (Å²) in [6, 6.07) is 7.92. The fraction of sp³-hybridized carbons (Fsp3) is 0.533. The zero-order chi connectivity index (χ0) is 13.7. The van der Waals surface area contributed by atoms with Crippen molar-refractivity contribution in [3.8, 4) is 5.75 Å². The van der Waals surface area contributed by atoms with Crippen LogP contribution in [0, 0.1) is 11.8 Å². The first-order chi connectivity index (χ1) is 9.20. The Hall–Kier alpha value is -1.55. The third kappa shape index (κ3) is 3.70. The summed E-state index contributed by atoms with van der Waals surface area (Å²) in [5, 5.41) is 6.12. The first-order valence-corrected chi connectivity index (χ1v) is 6.83. The number of rotatable bonds is 5. The Balaban J connectivity index is 1.85. The fourth-order valence-corrected chi connectivity index (χ4v) is 2.34. The minimum absolute atomic E-state index is 0.0725. The molecule has 4 heteroatoms. The lowest BCUT2D eigenvalue weighted by Crippen LogP contribution is -2.40. The Kier molecular flexibility index (Phi) is 4.80. The molecule has 1 aliphatic rings. The molecule has 1 aromatic rings. The molecule has 0 fully saturated rings. The Bertz CT molecular complexity index is 434. The Morgan fingerprint density at radius 2 is 2.21 bits per heavy atom. The molecule has 0 bridgehead atoms. The predicted octanol–water partition coefficient (Wildman–Crippen LogP) is 1.21. The van der Waals surface area contributed by atoms with E-state index in [-0.39, 0.29) is 11.8 Å². The molecule has 0 aliphatic carbocycles. The average molecular weight is 262 g/mol. The summed E-state index contributed by atoms with van der Waals surface area (Å²) in [5.74, 6) is 1.37. The van der Waals surface area contributed by atoms with Crippen LogP contribution in [0.1, 0.15) is 12.5 Å². The van der Waals surface area contributed by atoms with Crippen LogP contribution < -0.4 is 15.4 Å². The molecule has 2 rings (SSSR count). The highest BCUT2D eigenvalue weighted by atomic mass is 16.5. The van der Waals surface area contributed by atoms with Gasteiger partial charge in [-0.1, -0.05) is 25.1 Å². The maximum atomic E-state index is 12.1. The highest BCUT2D eigenvalue weighted by Gasteiger charge is 2.25. The van der Waals surface area contributed by atoms with Crippen molar-refractivity contribution in [2.24, 2.45) is 11.8 Å². The second kappa shape index (κ2) is 6.57. The average Bonchev–Trinajstić information content (AvgIpc) is 2.44. The first kappa shape index (κ1) is 13.9. The number of hydrogen-bond acceptors (Lipinski definition) is 3. The van der Waals surface area contributed by atoms with Gasteiger partial charge in [-0.3, -0.25) is 4.79 Å². The smallest absolute Gasteiger partial charge is 0.226 e. The molecule has 2 atom stereocenters. The lowest BCUT2D eigenvalue weighted by Gasteiger charge is -2.25. The highest BCUT2D eigenvalue weighted by molar-refractivity contribution is 5.79. The normalized spacial score (nSPS) is 19.2. The van der Waals surface area contributed by atoms with E-state index in [1.807, 2.05) is 31.3 Å². The van der Waals surface area contributed by atoms with Crippen molar-refractivity contribution in [2.75, 3.05) is 26.7 Å². The number of carbonyl (C=O) groups excluding carboxylic acids is 1. The monoisotopic (exact) mass is 262 g/mol. The van der Waals surface area contributed by atoms with Gasteiger partial charge in [-0.15, -0.1) is 0 Å². The number of ether oxygens (including phenoxy) is 1. The molecule has 0 radical (unpaired) electrons. The molecule has 19 heavy (non-hydrogen) atoms. The molecule has 1 amide bonds. The van der Waals surface area contributed by atoms with Crippen molar-refractivity contribution in [3.63, 3.8) is 0 Å². The SMILES string of the molecule is CNCC(C)CNC(=O)C1COc2ccccc2C1. The standard InChI is InChI=1S/C15H22N2O2/c1-11(8-16-2)9-17-15(18)13-7-12-5-3-4-6-14(12)19-10-13/h3-6,11,13,16H,7-10H2,1-2H3,(H,17,18). The topological polar surface area (TPSA) is 50.4 Å². The number of benzene rings is 1. The number of nitrogens with one attached hydrogen (secondary N) is 2. The number of hydrogen-bond donors (Lipinski definition) is 2. The summed E-state index contributed by atoms with van der Waals surface area (Å²) in [5.41, 5.74) is 1.12. The van der Waals surface area contributed by atoms with Crippen LogP contribution in [-0.2, 0) is 11.2 Å². The van der Waals surface area contributed by atoms with E-state index in [1.165, 1.54) is 0 Å². The Morgan fingerprint density at radius 3 is 3.00 bits per heavy atom. The summed E-state index contributed by atoms with van der Waals surface area (Å²) in [7, 11) is 1.92. The van der Waals surface area contributed by atoms with E-state index in [0.29, 0.717) is 19.1 Å². The van der Waals surface area contributed by atoms with Crippen LogP contribution in [0.3, 0.4) is 0 Å². The molecular weight excluding hydrogens is 240 g/mol. The number of amides is 1. The fourth-order valence-electron chi connectivity index (χ4n) is 2.34. The van der Waals surface area contributed by atoms with Crippen LogP contribution in [0.15, 0.2) is 24.3 Å². The minimum atomic E-state index is -0.0725. The molecule has 1 heterocycles. The highest BCUT2D eigenvalue weighted by Crippen LogP contribution is 2.26. The van der Waals surface area contributed by atoms with Crippen LogP contribution in [0.2, 0.25) is 0 Å². The molecule has 2 N–H and O–H groups in total. The molecule has 4 nitrogen and oxygen atoms in total. The maximum absolute atomic E-state index is 12.1. The lowest BCUT2D eigenvalue weighted by atomic mass is 9.96. The lowest BCUT2D eigenvalue weighted by molar-refractivity contribution is -0.126. The van der Waals surface area contributed by atoms with Gasteiger partial charge in [0, 0.05) is 6.54 Å². The van der Waals surface area contributed by atoms with Crippen LogP contribution >= 0.6 is 0 Å². The van der Waals surface area contributed by atoms with Gasteiger partial charge in [0.05, 0.1) is 5.92 Å². The van der Waals surface area contributed by atoms with Gasteiger partial charge in [-0.05, 0) is 37.6 Å². The second-order valence-electron chi connectivity index (χ2n) is 5.23. The number of carbonyl (C=O) groups is 1. The molecule has 1 aliphatic heterocycles. The Morgan fingerprint density at radius 1 is 1.42 bits per heavy atom. The van der Waals surface area contributed by atoms with Crippen LogP contribution in [0.5, 0.6) is 5.75 Å². The minimum Gasteiger partial charge on any atom is -0.492 e. The van der Waals surface area contributed by atoms with Crippen molar-refractivity contribution >= 4 is 5.91 Å². The summed E-state index contributed by atoms with van der Waals surface area (Å²) in [6.07, 6.45) is 0.766. The third-order valence-corrected chi connectivity index (χ3v) is 3.43. The van der Waals surface area contributed by atoms with Crippen molar-refractivity contribution in [1.82, 2.24) is 10.6 Å². The van der Waals surface area contributed by atoms with Gasteiger partial charge in [0.2, 0.25) is 5.91 Å². The third-order valence-electron chi connectivity index (χ3n) is 3.43. The van der Waals surface area contributed by atoms with Gasteiger partial charge < -0.3 is 15.4 Å². The van der Waals surface area contributed by atoms with Crippen LogP contribution in [0.25, 0.3) is 0 Å². The first-order valence-electron chi connectivity index (χ1n) is 6.83. The van der Waals surface area contributed by atoms with Crippen LogP contribution in [0.4, 0.5) is 0 Å². The zero-order valence-electron chi connectivity index (χ0n) is 11.6. The van der Waals surface area contributed by atoms with Gasteiger partial charge in [0.1, 0.15) is 12.4 Å². The van der Waals surface area contributed by atoms with E-state index in [4.69, 9.17) is 4.74 Å². The van der Waals surface area contributed by atoms with Crippen LogP contribution in [-0.4, -0.2) is 32.7 Å². The summed E-state index contributed by atoms with van der Waals surface area (Å²) in [6.45, 7) is 4.20. The van der Waals surface area contributed by atoms with Gasteiger partial charge in [0.15, 0.2) is 0 Å². The molecule has 2 unspecified atom stereocenters. The predicted molar refractivity (Wildman–Crippen MR) is 75.2 cm³/mol. The van der Waals surface area contributed by atoms with Gasteiger partial charge in [-0.25, -0.2) is 0 Å². The van der Waals surface area contributed by atoms with E-state index in [2.05, 4.69) is 17.6 Å². The zero-order valence-corrected chi connectivity index (χ0v) is 11.6. The van der Waals surface area contributed by atoms with E-state index < -0.39 is 0 Å². The largest absolute Gasteiger partial charge is 0.492 e. The Labute approximate surface area is 114 Å². The molecule has 0 saturated heterocycles. The molecule has 104 valence electrons. The van der Waals surface area contributed by atoms with Gasteiger partial charge >= 0.3 is 0 Å². The van der Waals surface area contributed by atoms with E-state index >= 15 is 0 Å². The summed E-state index contributed by atoms with van der Waals surface area (Å²) >= 11 is 0. The summed E-state index contributed by atoms with van der Waals surface area (Å²) < 4.78 is 5.64. The van der Waals surface area contributed by atoms with Gasteiger partial charge in [0.25, 0.3) is 0 Å². The maximum Gasteiger partial charge on any atom is 0.226 e. The van der Waals surface area contributed by atoms with Gasteiger partial charge in [-0.2, -0.15) is 0 Å². The molecule has 0 saturated carbocycles. The number of fused-ring (bicyclic) bond motifs is 1. The molecule has 1 aromatic carbocycles. The number of para-hydroxylation sites is 1. The quantitative estimate of drug-likeness (QED) is 0.838. The molecule has 0 spiro atoms. The molecular formula is C15H22N2O2. The van der Waals surface area contributed by atoms with Crippen molar-refractivity contribution < 1.29 is 9.53 Å². The second-order valence-corrected chi connectivity index (χ2v) is 5.23. The van der Waals surface area contributed by atoms with Crippen molar-refractivity contribution in [1.29, 1.82) is 0 Å².